The van der Waals surface area contributed by atoms with Gasteiger partial charge >= 0.3 is 0 Å². The van der Waals surface area contributed by atoms with Gasteiger partial charge < -0.3 is 30.3 Å². The number of benzene rings is 2. The predicted molar refractivity (Wildman–Crippen MR) is 143 cm³/mol. The molecule has 1 aliphatic rings. The van der Waals surface area contributed by atoms with Gasteiger partial charge in [0.2, 0.25) is 0 Å². The first-order valence-electron chi connectivity index (χ1n) is 12.3. The number of aliphatic hydroxyl groups is 1. The van der Waals surface area contributed by atoms with Gasteiger partial charge in [-0.2, -0.15) is 0 Å². The van der Waals surface area contributed by atoms with Crippen LogP contribution in [0.2, 0.25) is 0 Å². The van der Waals surface area contributed by atoms with Crippen LogP contribution in [0.3, 0.4) is 0 Å². The van der Waals surface area contributed by atoms with E-state index in [9.17, 15) is 30.3 Å². The maximum atomic E-state index is 13.1. The first-order chi connectivity index (χ1) is 17.4. The molecule has 0 aliphatic carbocycles. The first-order valence-corrected chi connectivity index (χ1v) is 12.3. The van der Waals surface area contributed by atoms with Crippen molar-refractivity contribution in [2.75, 3.05) is 0 Å². The summed E-state index contributed by atoms with van der Waals surface area (Å²) in [6.45, 7) is 11.4. The highest BCUT2D eigenvalue weighted by Gasteiger charge is 2.34. The number of aromatic hydroxyl groups is 4. The van der Waals surface area contributed by atoms with Crippen molar-refractivity contribution in [3.05, 3.63) is 75.9 Å². The molecule has 0 amide bonds. The number of carbonyl (C=O) groups is 1. The summed E-state index contributed by atoms with van der Waals surface area (Å²) in [5, 5.41) is 52.2. The fourth-order valence-electron chi connectivity index (χ4n) is 4.37. The molecule has 0 unspecified atom stereocenters. The molecule has 0 fully saturated rings. The fourth-order valence-corrected chi connectivity index (χ4v) is 4.37. The number of hydrogen-bond acceptors (Lipinski definition) is 7. The van der Waals surface area contributed by atoms with Gasteiger partial charge in [-0.05, 0) is 53.0 Å². The van der Waals surface area contributed by atoms with Crippen LogP contribution >= 0.6 is 0 Å². The Morgan fingerprint density at radius 1 is 1.05 bits per heavy atom. The van der Waals surface area contributed by atoms with E-state index in [0.29, 0.717) is 23.1 Å². The van der Waals surface area contributed by atoms with Crippen molar-refractivity contribution < 1.29 is 35.1 Å². The Balaban J connectivity index is 1.94. The smallest absolute Gasteiger partial charge is 0.174 e. The van der Waals surface area contributed by atoms with Crippen molar-refractivity contribution in [1.82, 2.24) is 0 Å². The normalized spacial score (nSPS) is 16.1. The van der Waals surface area contributed by atoms with Gasteiger partial charge in [0.15, 0.2) is 17.3 Å². The second-order valence-electron chi connectivity index (χ2n) is 9.97. The molecule has 2 aromatic carbocycles. The number of phenolic OH excluding ortho intramolecular Hbond substituents is 4. The van der Waals surface area contributed by atoms with Crippen LogP contribution < -0.4 is 4.74 Å². The highest BCUT2D eigenvalue weighted by Crippen LogP contribution is 2.46. The topological polar surface area (TPSA) is 127 Å². The largest absolute Gasteiger partial charge is 0.507 e. The molecule has 0 spiro atoms. The van der Waals surface area contributed by atoms with Gasteiger partial charge in [0.05, 0.1) is 12.5 Å². The number of Topliss-reactive ketones (excluding diaryl/α,β-unsaturated/α-hetero) is 1. The standard InChI is InChI=1S/C30H36O7/c1-16(2)7-6-8-18(5)9-10-20-19(11-12-22(31)29(20)35)26-15-25(34)28-27(37-26)14-24(33)21(30(28)36)13-23(32)17(3)4/h7,9,11-12,14,23,26,31-33,35-36H,3,6,8,10,13,15H2,1-2,4-5H3/b18-9+/t23-,26-/m0/s1. The molecule has 7 heteroatoms. The van der Waals surface area contributed by atoms with Crippen molar-refractivity contribution in [3.8, 4) is 28.7 Å². The summed E-state index contributed by atoms with van der Waals surface area (Å²) in [4.78, 5) is 13.1. The molecule has 3 rings (SSSR count). The Kier molecular flexibility index (Phi) is 8.71. The third-order valence-corrected chi connectivity index (χ3v) is 6.62. The van der Waals surface area contributed by atoms with Crippen LogP contribution in [0.5, 0.6) is 28.7 Å². The number of allylic oxidation sites excluding steroid dienone is 4. The fraction of sp³-hybridized carbons (Fsp3) is 0.367. The third kappa shape index (κ3) is 6.35. The molecule has 0 radical (unpaired) electrons. The summed E-state index contributed by atoms with van der Waals surface area (Å²) in [7, 11) is 0. The van der Waals surface area contributed by atoms with Gasteiger partial charge in [-0.1, -0.05) is 41.5 Å². The number of aliphatic hydroxyl groups excluding tert-OH is 1. The molecular weight excluding hydrogens is 472 g/mol. The summed E-state index contributed by atoms with van der Waals surface area (Å²) in [6, 6.07) is 4.21. The van der Waals surface area contributed by atoms with E-state index in [0.717, 1.165) is 18.4 Å². The maximum Gasteiger partial charge on any atom is 0.174 e. The van der Waals surface area contributed by atoms with Crippen LogP contribution in [0.25, 0.3) is 0 Å². The zero-order valence-corrected chi connectivity index (χ0v) is 21.8. The van der Waals surface area contributed by atoms with E-state index in [2.05, 4.69) is 12.7 Å². The minimum atomic E-state index is -0.997. The van der Waals surface area contributed by atoms with Crippen molar-refractivity contribution in [1.29, 1.82) is 0 Å². The van der Waals surface area contributed by atoms with E-state index in [1.54, 1.807) is 13.0 Å². The number of ether oxygens (including phenoxy) is 1. The molecule has 198 valence electrons. The Bertz CT molecular complexity index is 1270. The number of fused-ring (bicyclic) bond motifs is 1. The Hall–Kier alpha value is -3.71. The summed E-state index contributed by atoms with van der Waals surface area (Å²) in [5.41, 5.74) is 3.78. The molecule has 7 nitrogen and oxygen atoms in total. The summed E-state index contributed by atoms with van der Waals surface area (Å²) >= 11 is 0. The minimum Gasteiger partial charge on any atom is -0.507 e. The molecule has 0 saturated heterocycles. The lowest BCUT2D eigenvalue weighted by atomic mass is 9.89. The molecular formula is C30H36O7. The predicted octanol–water partition coefficient (Wildman–Crippen LogP) is 5.93. The zero-order chi connectivity index (χ0) is 27.4. The Morgan fingerprint density at radius 2 is 1.76 bits per heavy atom. The third-order valence-electron chi connectivity index (χ3n) is 6.62. The molecule has 0 saturated carbocycles. The van der Waals surface area contributed by atoms with Crippen LogP contribution in [0.1, 0.15) is 80.1 Å². The molecule has 5 N–H and O–H groups in total. The molecule has 0 aromatic heterocycles. The molecule has 0 bridgehead atoms. The van der Waals surface area contributed by atoms with Crippen molar-refractivity contribution in [2.45, 2.75) is 72.0 Å². The highest BCUT2D eigenvalue weighted by atomic mass is 16.5. The van der Waals surface area contributed by atoms with Crippen LogP contribution in [0.15, 0.2) is 53.6 Å². The van der Waals surface area contributed by atoms with E-state index >= 15 is 0 Å². The number of rotatable bonds is 9. The van der Waals surface area contributed by atoms with Crippen molar-refractivity contribution in [2.24, 2.45) is 0 Å². The van der Waals surface area contributed by atoms with E-state index in [1.807, 2.05) is 26.8 Å². The van der Waals surface area contributed by atoms with Gasteiger partial charge in [0.25, 0.3) is 0 Å². The van der Waals surface area contributed by atoms with Crippen molar-refractivity contribution in [3.63, 3.8) is 0 Å². The zero-order valence-electron chi connectivity index (χ0n) is 21.8. The summed E-state index contributed by atoms with van der Waals surface area (Å²) < 4.78 is 6.05. The average Bonchev–Trinajstić information content (AvgIpc) is 2.81. The SMILES string of the molecule is C=C(C)[C@@H](O)Cc1c(O)cc2c(c1O)C(=O)C[C@@H](c1ccc(O)c(O)c1C/C=C(\C)CCC=C(C)C)O2. The van der Waals surface area contributed by atoms with Gasteiger partial charge in [-0.3, -0.25) is 4.79 Å². The number of carbonyl (C=O) groups excluding carboxylic acids is 1. The second kappa shape index (κ2) is 11.6. The van der Waals surface area contributed by atoms with E-state index < -0.39 is 23.7 Å². The van der Waals surface area contributed by atoms with Crippen LogP contribution in [-0.2, 0) is 12.8 Å². The van der Waals surface area contributed by atoms with Crippen LogP contribution in [0, 0.1) is 0 Å². The quantitative estimate of drug-likeness (QED) is 0.210. The number of hydrogen-bond donors (Lipinski definition) is 5. The van der Waals surface area contributed by atoms with Gasteiger partial charge in [0.1, 0.15) is 28.9 Å². The maximum absolute atomic E-state index is 13.1. The first kappa shape index (κ1) is 27.9. The van der Waals surface area contributed by atoms with Gasteiger partial charge in [-0.15, -0.1) is 0 Å². The van der Waals surface area contributed by atoms with E-state index in [-0.39, 0.29) is 47.0 Å². The highest BCUT2D eigenvalue weighted by molar-refractivity contribution is 6.03. The van der Waals surface area contributed by atoms with Crippen LogP contribution in [-0.4, -0.2) is 37.4 Å². The minimum absolute atomic E-state index is 0.0109. The monoisotopic (exact) mass is 508 g/mol. The molecule has 2 aromatic rings. The number of ketones is 1. The lowest BCUT2D eigenvalue weighted by Gasteiger charge is -2.29. The van der Waals surface area contributed by atoms with Gasteiger partial charge in [-0.25, -0.2) is 0 Å². The molecule has 2 atom stereocenters. The lowest BCUT2D eigenvalue weighted by molar-refractivity contribution is 0.0842. The second-order valence-corrected chi connectivity index (χ2v) is 9.97. The molecule has 1 heterocycles. The Labute approximate surface area is 217 Å². The van der Waals surface area contributed by atoms with E-state index in [1.165, 1.54) is 17.7 Å². The molecule has 37 heavy (non-hydrogen) atoms. The van der Waals surface area contributed by atoms with Crippen molar-refractivity contribution >= 4 is 5.78 Å². The van der Waals surface area contributed by atoms with Crippen LogP contribution in [0.4, 0.5) is 0 Å². The number of phenols is 4. The summed E-state index contributed by atoms with van der Waals surface area (Å²) in [6.07, 6.45) is 4.20. The summed E-state index contributed by atoms with van der Waals surface area (Å²) in [5.74, 6) is -1.68. The van der Waals surface area contributed by atoms with E-state index in [4.69, 9.17) is 4.74 Å². The Morgan fingerprint density at radius 3 is 2.41 bits per heavy atom. The lowest BCUT2D eigenvalue weighted by Crippen LogP contribution is -2.22. The van der Waals surface area contributed by atoms with Gasteiger partial charge in [0, 0.05) is 29.2 Å². The average molecular weight is 509 g/mol. The molecule has 1 aliphatic heterocycles.